The van der Waals surface area contributed by atoms with Crippen LogP contribution in [0.25, 0.3) is 0 Å². The molecule has 0 spiro atoms. The van der Waals surface area contributed by atoms with E-state index in [-0.39, 0.29) is 17.3 Å². The average Bonchev–Trinajstić information content (AvgIpc) is 2.43. The van der Waals surface area contributed by atoms with Crippen molar-refractivity contribution >= 4 is 10.0 Å². The van der Waals surface area contributed by atoms with Crippen molar-refractivity contribution in [2.75, 3.05) is 20.8 Å². The Balaban J connectivity index is 3.18. The molecule has 0 saturated carbocycles. The molecule has 0 fully saturated rings. The summed E-state index contributed by atoms with van der Waals surface area (Å²) >= 11 is 0. The Morgan fingerprint density at radius 3 is 2.47 bits per heavy atom. The van der Waals surface area contributed by atoms with Gasteiger partial charge in [-0.3, -0.25) is 0 Å². The van der Waals surface area contributed by atoms with Gasteiger partial charge in [0.2, 0.25) is 10.0 Å². The SMILES string of the molecule is CC[C@@H](CO)NS(=O)(=O)c1cc(OC)ccc1OC. The Morgan fingerprint density at radius 1 is 1.32 bits per heavy atom. The maximum atomic E-state index is 12.3. The van der Waals surface area contributed by atoms with Gasteiger partial charge in [-0.2, -0.15) is 0 Å². The monoisotopic (exact) mass is 289 g/mol. The fraction of sp³-hybridized carbons (Fsp3) is 0.500. The molecule has 2 N–H and O–H groups in total. The first-order valence-electron chi connectivity index (χ1n) is 5.83. The molecule has 1 atom stereocenters. The lowest BCUT2D eigenvalue weighted by Gasteiger charge is -2.16. The van der Waals surface area contributed by atoms with Crippen LogP contribution in [0.2, 0.25) is 0 Å². The molecule has 1 rings (SSSR count). The van der Waals surface area contributed by atoms with Crippen molar-refractivity contribution < 1.29 is 23.0 Å². The van der Waals surface area contributed by atoms with Crippen LogP contribution in [0, 0.1) is 0 Å². The molecule has 0 bridgehead atoms. The number of rotatable bonds is 7. The summed E-state index contributed by atoms with van der Waals surface area (Å²) in [5.74, 6) is 0.638. The summed E-state index contributed by atoms with van der Waals surface area (Å²) < 4.78 is 37.0. The van der Waals surface area contributed by atoms with E-state index in [0.29, 0.717) is 12.2 Å². The number of sulfonamides is 1. The van der Waals surface area contributed by atoms with Gasteiger partial charge in [-0.1, -0.05) is 6.92 Å². The molecule has 0 aliphatic carbocycles. The zero-order chi connectivity index (χ0) is 14.5. The Labute approximate surface area is 113 Å². The van der Waals surface area contributed by atoms with Crippen LogP contribution in [0.15, 0.2) is 23.1 Å². The largest absolute Gasteiger partial charge is 0.497 e. The first kappa shape index (κ1) is 15.7. The zero-order valence-electron chi connectivity index (χ0n) is 11.2. The van der Waals surface area contributed by atoms with Crippen LogP contribution in [-0.2, 0) is 10.0 Å². The van der Waals surface area contributed by atoms with Crippen LogP contribution in [0.4, 0.5) is 0 Å². The van der Waals surface area contributed by atoms with Gasteiger partial charge >= 0.3 is 0 Å². The van der Waals surface area contributed by atoms with E-state index >= 15 is 0 Å². The summed E-state index contributed by atoms with van der Waals surface area (Å²) in [6.45, 7) is 1.52. The highest BCUT2D eigenvalue weighted by molar-refractivity contribution is 7.89. The summed E-state index contributed by atoms with van der Waals surface area (Å²) in [5.41, 5.74) is 0. The lowest BCUT2D eigenvalue weighted by molar-refractivity contribution is 0.253. The van der Waals surface area contributed by atoms with E-state index in [1.165, 1.54) is 26.4 Å². The molecule has 0 aliphatic rings. The molecule has 0 aliphatic heterocycles. The zero-order valence-corrected chi connectivity index (χ0v) is 12.0. The summed E-state index contributed by atoms with van der Waals surface area (Å²) in [6.07, 6.45) is 0.488. The van der Waals surface area contributed by atoms with Crippen molar-refractivity contribution in [3.63, 3.8) is 0 Å². The fourth-order valence-electron chi connectivity index (χ4n) is 1.53. The van der Waals surface area contributed by atoms with Crippen LogP contribution >= 0.6 is 0 Å². The van der Waals surface area contributed by atoms with E-state index < -0.39 is 16.1 Å². The molecule has 0 saturated heterocycles. The molecule has 0 radical (unpaired) electrons. The minimum absolute atomic E-state index is 0.0127. The first-order chi connectivity index (χ1) is 8.98. The van der Waals surface area contributed by atoms with E-state index in [1.54, 1.807) is 13.0 Å². The second-order valence-electron chi connectivity index (χ2n) is 3.93. The van der Waals surface area contributed by atoms with Gasteiger partial charge in [0.15, 0.2) is 0 Å². The molecule has 19 heavy (non-hydrogen) atoms. The van der Waals surface area contributed by atoms with Crippen LogP contribution in [0.5, 0.6) is 11.5 Å². The molecule has 0 unspecified atom stereocenters. The fourth-order valence-corrected chi connectivity index (χ4v) is 3.02. The van der Waals surface area contributed by atoms with E-state index in [1.807, 2.05) is 0 Å². The lowest BCUT2D eigenvalue weighted by atomic mass is 10.3. The third-order valence-electron chi connectivity index (χ3n) is 2.70. The highest BCUT2D eigenvalue weighted by Crippen LogP contribution is 2.28. The van der Waals surface area contributed by atoms with Gasteiger partial charge in [0.05, 0.1) is 20.8 Å². The molecule has 108 valence electrons. The Kier molecular flexibility index (Phi) is 5.59. The van der Waals surface area contributed by atoms with E-state index in [0.717, 1.165) is 0 Å². The number of hydrogen-bond donors (Lipinski definition) is 2. The third-order valence-corrected chi connectivity index (χ3v) is 4.24. The van der Waals surface area contributed by atoms with Crippen molar-refractivity contribution in [3.05, 3.63) is 18.2 Å². The quantitative estimate of drug-likeness (QED) is 0.774. The molecule has 0 aromatic heterocycles. The van der Waals surface area contributed by atoms with Crippen LogP contribution in [0.3, 0.4) is 0 Å². The minimum Gasteiger partial charge on any atom is -0.497 e. The molecule has 0 heterocycles. The predicted molar refractivity (Wildman–Crippen MR) is 71.0 cm³/mol. The Bertz CT molecular complexity index is 511. The number of ether oxygens (including phenoxy) is 2. The average molecular weight is 289 g/mol. The van der Waals surface area contributed by atoms with E-state index in [9.17, 15) is 8.42 Å². The maximum Gasteiger partial charge on any atom is 0.244 e. The molecule has 0 amide bonds. The number of benzene rings is 1. The number of methoxy groups -OCH3 is 2. The smallest absolute Gasteiger partial charge is 0.244 e. The summed E-state index contributed by atoms with van der Waals surface area (Å²) in [4.78, 5) is -0.0127. The van der Waals surface area contributed by atoms with Crippen molar-refractivity contribution in [1.82, 2.24) is 4.72 Å². The topological polar surface area (TPSA) is 84.9 Å². The lowest BCUT2D eigenvalue weighted by Crippen LogP contribution is -2.37. The van der Waals surface area contributed by atoms with Gasteiger partial charge in [0.25, 0.3) is 0 Å². The van der Waals surface area contributed by atoms with Gasteiger partial charge in [-0.05, 0) is 18.6 Å². The number of aliphatic hydroxyl groups excluding tert-OH is 1. The second-order valence-corrected chi connectivity index (χ2v) is 5.61. The van der Waals surface area contributed by atoms with Gasteiger partial charge < -0.3 is 14.6 Å². The summed E-state index contributed by atoms with van der Waals surface area (Å²) in [6, 6.07) is 3.99. The standard InChI is InChI=1S/C12H19NO5S/c1-4-9(8-14)13-19(15,16)12-7-10(17-2)5-6-11(12)18-3/h5-7,9,13-14H,4,8H2,1-3H3/t9-/m0/s1. The summed E-state index contributed by atoms with van der Waals surface area (Å²) in [7, 11) is -0.928. The van der Waals surface area contributed by atoms with Crippen LogP contribution in [-0.4, -0.2) is 40.4 Å². The minimum atomic E-state index is -3.77. The third kappa shape index (κ3) is 3.82. The number of aliphatic hydroxyl groups is 1. The molecule has 7 heteroatoms. The van der Waals surface area contributed by atoms with Crippen molar-refractivity contribution in [2.24, 2.45) is 0 Å². The maximum absolute atomic E-state index is 12.3. The Morgan fingerprint density at radius 2 is 2.00 bits per heavy atom. The first-order valence-corrected chi connectivity index (χ1v) is 7.32. The van der Waals surface area contributed by atoms with Gasteiger partial charge in [0.1, 0.15) is 16.4 Å². The van der Waals surface area contributed by atoms with Crippen LogP contribution in [0.1, 0.15) is 13.3 Å². The highest BCUT2D eigenvalue weighted by Gasteiger charge is 2.23. The predicted octanol–water partition coefficient (Wildman–Crippen LogP) is 0.753. The van der Waals surface area contributed by atoms with E-state index in [2.05, 4.69) is 4.72 Å². The van der Waals surface area contributed by atoms with Gasteiger partial charge in [-0.15, -0.1) is 0 Å². The van der Waals surface area contributed by atoms with Gasteiger partial charge in [0, 0.05) is 12.1 Å². The molecule has 1 aromatic rings. The molecular weight excluding hydrogens is 270 g/mol. The number of hydrogen-bond acceptors (Lipinski definition) is 5. The van der Waals surface area contributed by atoms with Crippen molar-refractivity contribution in [1.29, 1.82) is 0 Å². The highest BCUT2D eigenvalue weighted by atomic mass is 32.2. The molecule has 1 aromatic carbocycles. The molecular formula is C12H19NO5S. The molecule has 6 nitrogen and oxygen atoms in total. The van der Waals surface area contributed by atoms with E-state index in [4.69, 9.17) is 14.6 Å². The summed E-state index contributed by atoms with van der Waals surface area (Å²) in [5, 5.41) is 9.08. The Hall–Kier alpha value is -1.31. The normalized spacial score (nSPS) is 13.1. The second kappa shape index (κ2) is 6.74. The van der Waals surface area contributed by atoms with Crippen molar-refractivity contribution in [2.45, 2.75) is 24.3 Å². The van der Waals surface area contributed by atoms with Gasteiger partial charge in [-0.25, -0.2) is 13.1 Å². The van der Waals surface area contributed by atoms with Crippen molar-refractivity contribution in [3.8, 4) is 11.5 Å². The number of nitrogens with one attached hydrogen (secondary N) is 1. The van der Waals surface area contributed by atoms with Crippen LogP contribution < -0.4 is 14.2 Å².